The van der Waals surface area contributed by atoms with Gasteiger partial charge in [-0.3, -0.25) is 0 Å². The molecule has 5 nitrogen and oxygen atoms in total. The van der Waals surface area contributed by atoms with Crippen molar-refractivity contribution in [3.05, 3.63) is 0 Å². The lowest BCUT2D eigenvalue weighted by Gasteiger charge is -2.36. The molecule has 130 valence electrons. The smallest absolute Gasteiger partial charge is 0.407 e. The molecule has 1 atom stereocenters. The van der Waals surface area contributed by atoms with Gasteiger partial charge in [-0.1, -0.05) is 26.7 Å². The maximum Gasteiger partial charge on any atom is 0.407 e. The van der Waals surface area contributed by atoms with Crippen molar-refractivity contribution in [2.75, 3.05) is 19.7 Å². The highest BCUT2D eigenvalue weighted by atomic mass is 16.6. The Hall–Kier alpha value is -0.810. The summed E-state index contributed by atoms with van der Waals surface area (Å²) in [6, 6.07) is 0. The first-order valence-electron chi connectivity index (χ1n) is 8.46. The number of alkyl carbamates (subject to hydrolysis) is 1. The largest absolute Gasteiger partial charge is 0.444 e. The number of aliphatic hydroxyl groups is 1. The molecule has 3 N–H and O–H groups in total. The Bertz CT molecular complexity index is 353. The predicted molar refractivity (Wildman–Crippen MR) is 88.9 cm³/mol. The van der Waals surface area contributed by atoms with Crippen LogP contribution in [0.3, 0.4) is 0 Å². The Morgan fingerprint density at radius 1 is 1.23 bits per heavy atom. The van der Waals surface area contributed by atoms with Crippen LogP contribution in [0.4, 0.5) is 4.79 Å². The summed E-state index contributed by atoms with van der Waals surface area (Å²) in [5.41, 5.74) is -0.651. The Labute approximate surface area is 135 Å². The SMILES string of the molecule is CCC(C)(CO)CNC1(CNC(=O)OC(C)(C)C)CCCC1. The summed E-state index contributed by atoms with van der Waals surface area (Å²) in [5, 5.41) is 16.1. The second-order valence-electron chi connectivity index (χ2n) is 8.02. The van der Waals surface area contributed by atoms with Crippen LogP contribution in [-0.2, 0) is 4.74 Å². The van der Waals surface area contributed by atoms with E-state index in [9.17, 15) is 9.90 Å². The van der Waals surface area contributed by atoms with Crippen molar-refractivity contribution in [2.24, 2.45) is 5.41 Å². The topological polar surface area (TPSA) is 70.6 Å². The molecule has 0 aliphatic heterocycles. The fraction of sp³-hybridized carbons (Fsp3) is 0.941. The lowest BCUT2D eigenvalue weighted by molar-refractivity contribution is 0.0504. The Kier molecular flexibility index (Phi) is 6.68. The molecule has 0 radical (unpaired) electrons. The summed E-state index contributed by atoms with van der Waals surface area (Å²) in [6.07, 6.45) is 5.00. The molecule has 0 bridgehead atoms. The minimum atomic E-state index is -0.474. The van der Waals surface area contributed by atoms with Crippen LogP contribution >= 0.6 is 0 Å². The molecule has 1 aliphatic rings. The zero-order chi connectivity index (χ0) is 16.9. The standard InChI is InChI=1S/C17H34N2O3/c1-6-16(5,13-20)11-19-17(9-7-8-10-17)12-18-14(21)22-15(2,3)4/h19-20H,6-13H2,1-5H3,(H,18,21). The van der Waals surface area contributed by atoms with E-state index in [1.54, 1.807) is 0 Å². The Morgan fingerprint density at radius 3 is 2.27 bits per heavy atom. The fourth-order valence-electron chi connectivity index (χ4n) is 2.72. The number of ether oxygens (including phenoxy) is 1. The van der Waals surface area contributed by atoms with Crippen LogP contribution in [0, 0.1) is 5.41 Å². The number of amides is 1. The molecule has 0 aromatic rings. The lowest BCUT2D eigenvalue weighted by Crippen LogP contribution is -2.55. The van der Waals surface area contributed by atoms with Gasteiger partial charge >= 0.3 is 6.09 Å². The van der Waals surface area contributed by atoms with Crippen molar-refractivity contribution in [1.29, 1.82) is 0 Å². The molecule has 1 amide bonds. The monoisotopic (exact) mass is 314 g/mol. The van der Waals surface area contributed by atoms with Crippen molar-refractivity contribution in [1.82, 2.24) is 10.6 Å². The van der Waals surface area contributed by atoms with Crippen molar-refractivity contribution >= 4 is 6.09 Å². The fourth-order valence-corrected chi connectivity index (χ4v) is 2.72. The Morgan fingerprint density at radius 2 is 1.82 bits per heavy atom. The molecule has 0 spiro atoms. The molecule has 1 rings (SSSR count). The van der Waals surface area contributed by atoms with Gasteiger partial charge in [-0.2, -0.15) is 0 Å². The maximum atomic E-state index is 11.9. The number of carbonyl (C=O) groups is 1. The molecule has 0 aromatic carbocycles. The summed E-state index contributed by atoms with van der Waals surface area (Å²) >= 11 is 0. The number of hydrogen-bond donors (Lipinski definition) is 3. The molecular formula is C17H34N2O3. The number of nitrogens with one attached hydrogen (secondary N) is 2. The van der Waals surface area contributed by atoms with Crippen LogP contribution < -0.4 is 10.6 Å². The minimum absolute atomic E-state index is 0.0670. The maximum absolute atomic E-state index is 11.9. The molecule has 1 fully saturated rings. The third-order valence-electron chi connectivity index (χ3n) is 4.66. The predicted octanol–water partition coefficient (Wildman–Crippen LogP) is 2.82. The number of rotatable bonds is 7. The summed E-state index contributed by atoms with van der Waals surface area (Å²) in [6.45, 7) is 11.3. The molecule has 0 heterocycles. The minimum Gasteiger partial charge on any atom is -0.444 e. The first kappa shape index (κ1) is 19.2. The molecule has 1 saturated carbocycles. The van der Waals surface area contributed by atoms with Gasteiger partial charge in [0.2, 0.25) is 0 Å². The molecule has 22 heavy (non-hydrogen) atoms. The second-order valence-corrected chi connectivity index (χ2v) is 8.02. The number of aliphatic hydroxyl groups excluding tert-OH is 1. The van der Waals surface area contributed by atoms with Gasteiger partial charge in [-0.15, -0.1) is 0 Å². The highest BCUT2D eigenvalue weighted by Gasteiger charge is 2.36. The van der Waals surface area contributed by atoms with Crippen molar-refractivity contribution < 1.29 is 14.6 Å². The first-order valence-corrected chi connectivity index (χ1v) is 8.46. The number of carbonyl (C=O) groups excluding carboxylic acids is 1. The van der Waals surface area contributed by atoms with Gasteiger partial charge in [-0.05, 0) is 40.0 Å². The molecule has 1 aliphatic carbocycles. The molecule has 0 aromatic heterocycles. The van der Waals surface area contributed by atoms with Crippen LogP contribution in [0.1, 0.15) is 66.7 Å². The lowest BCUT2D eigenvalue weighted by atomic mass is 9.86. The van der Waals surface area contributed by atoms with E-state index < -0.39 is 5.60 Å². The van der Waals surface area contributed by atoms with E-state index in [-0.39, 0.29) is 23.7 Å². The summed E-state index contributed by atoms with van der Waals surface area (Å²) < 4.78 is 5.31. The van der Waals surface area contributed by atoms with Crippen LogP contribution in [0.15, 0.2) is 0 Å². The van der Waals surface area contributed by atoms with E-state index in [0.29, 0.717) is 6.54 Å². The normalized spacial score (nSPS) is 20.5. The van der Waals surface area contributed by atoms with Crippen LogP contribution in [0.2, 0.25) is 0 Å². The molecular weight excluding hydrogens is 280 g/mol. The van der Waals surface area contributed by atoms with Crippen LogP contribution in [0.5, 0.6) is 0 Å². The van der Waals surface area contributed by atoms with Gasteiger partial charge in [-0.25, -0.2) is 4.79 Å². The van der Waals surface area contributed by atoms with Crippen LogP contribution in [0.25, 0.3) is 0 Å². The van der Waals surface area contributed by atoms with E-state index in [4.69, 9.17) is 4.74 Å². The summed E-state index contributed by atoms with van der Waals surface area (Å²) in [7, 11) is 0. The van der Waals surface area contributed by atoms with E-state index in [2.05, 4.69) is 24.5 Å². The van der Waals surface area contributed by atoms with E-state index >= 15 is 0 Å². The quantitative estimate of drug-likeness (QED) is 0.676. The van der Waals surface area contributed by atoms with Crippen molar-refractivity contribution in [2.45, 2.75) is 77.9 Å². The average Bonchev–Trinajstić information content (AvgIpc) is 2.90. The van der Waals surface area contributed by atoms with Gasteiger partial charge in [0.1, 0.15) is 5.60 Å². The van der Waals surface area contributed by atoms with Crippen LogP contribution in [-0.4, -0.2) is 42.0 Å². The third kappa shape index (κ3) is 6.13. The van der Waals surface area contributed by atoms with E-state index in [1.807, 2.05) is 20.8 Å². The third-order valence-corrected chi connectivity index (χ3v) is 4.66. The first-order chi connectivity index (χ1) is 10.1. The summed E-state index contributed by atoms with van der Waals surface area (Å²) in [4.78, 5) is 11.9. The molecule has 0 saturated heterocycles. The highest BCUT2D eigenvalue weighted by Crippen LogP contribution is 2.31. The highest BCUT2D eigenvalue weighted by molar-refractivity contribution is 5.67. The average molecular weight is 314 g/mol. The van der Waals surface area contributed by atoms with Gasteiger partial charge in [0.05, 0.1) is 0 Å². The van der Waals surface area contributed by atoms with Gasteiger partial charge in [0.25, 0.3) is 0 Å². The van der Waals surface area contributed by atoms with Gasteiger partial charge < -0.3 is 20.5 Å². The van der Waals surface area contributed by atoms with Crippen molar-refractivity contribution in [3.63, 3.8) is 0 Å². The Balaban J connectivity index is 2.55. The van der Waals surface area contributed by atoms with Gasteiger partial charge in [0, 0.05) is 30.7 Å². The summed E-state index contributed by atoms with van der Waals surface area (Å²) in [5.74, 6) is 0. The zero-order valence-electron chi connectivity index (χ0n) is 14.9. The van der Waals surface area contributed by atoms with Crippen molar-refractivity contribution in [3.8, 4) is 0 Å². The molecule has 5 heteroatoms. The second kappa shape index (κ2) is 7.64. The van der Waals surface area contributed by atoms with Gasteiger partial charge in [0.15, 0.2) is 0 Å². The molecule has 1 unspecified atom stereocenters. The zero-order valence-corrected chi connectivity index (χ0v) is 14.9. The van der Waals surface area contributed by atoms with E-state index in [1.165, 1.54) is 12.8 Å². The van der Waals surface area contributed by atoms with E-state index in [0.717, 1.165) is 25.8 Å². The number of hydrogen-bond acceptors (Lipinski definition) is 4.